The van der Waals surface area contributed by atoms with Crippen LogP contribution in [0.2, 0.25) is 0 Å². The van der Waals surface area contributed by atoms with Gasteiger partial charge in [-0.25, -0.2) is 0 Å². The second kappa shape index (κ2) is 6.05. The molecule has 6 nitrogen and oxygen atoms in total. The number of allylic oxidation sites excluding steroid dienone is 1. The lowest BCUT2D eigenvalue weighted by Gasteiger charge is -2.12. The summed E-state index contributed by atoms with van der Waals surface area (Å²) in [6.07, 6.45) is 4.90. The average molecular weight is 343 g/mol. The molecule has 2 N–H and O–H groups in total. The molecule has 128 valence electrons. The van der Waals surface area contributed by atoms with Crippen LogP contribution in [0.5, 0.6) is 0 Å². The molecule has 0 bridgehead atoms. The molecule has 0 radical (unpaired) electrons. The van der Waals surface area contributed by atoms with Gasteiger partial charge in [-0.3, -0.25) is 9.48 Å². The Balaban J connectivity index is 1.80. The Morgan fingerprint density at radius 3 is 3.00 bits per heavy atom. The standard InChI is InChI=1S/C20H17N5O/c1-24-18-10-13(4-5-14(18)11-23-24)15-6-7-17(22)19-16(15)12-25(20(19)26)9-3-2-8-21/h2-7,10-11H,9,12,22H2,1H3. The SMILES string of the molecule is Cn1ncc2ccc(-c3ccc(N)c4c3CN(CC=CC#N)C4=O)cc21. The molecule has 1 aliphatic heterocycles. The summed E-state index contributed by atoms with van der Waals surface area (Å²) in [7, 11) is 1.91. The Bertz CT molecular complexity index is 1100. The Labute approximate surface area is 150 Å². The summed E-state index contributed by atoms with van der Waals surface area (Å²) in [6.45, 7) is 0.869. The van der Waals surface area contributed by atoms with Gasteiger partial charge in [0, 0.05) is 37.3 Å². The van der Waals surface area contributed by atoms with Gasteiger partial charge in [-0.15, -0.1) is 0 Å². The Kier molecular flexibility index (Phi) is 3.70. The van der Waals surface area contributed by atoms with E-state index in [4.69, 9.17) is 11.0 Å². The first-order valence-corrected chi connectivity index (χ1v) is 8.27. The summed E-state index contributed by atoms with van der Waals surface area (Å²) in [4.78, 5) is 14.4. The van der Waals surface area contributed by atoms with E-state index in [1.165, 1.54) is 6.08 Å². The minimum atomic E-state index is -0.0939. The molecule has 3 aromatic rings. The maximum Gasteiger partial charge on any atom is 0.256 e. The summed E-state index contributed by atoms with van der Waals surface area (Å²) in [5, 5.41) is 14.0. The minimum Gasteiger partial charge on any atom is -0.398 e. The topological polar surface area (TPSA) is 87.9 Å². The summed E-state index contributed by atoms with van der Waals surface area (Å²) < 4.78 is 1.83. The largest absolute Gasteiger partial charge is 0.398 e. The van der Waals surface area contributed by atoms with Crippen molar-refractivity contribution in [3.8, 4) is 17.2 Å². The highest BCUT2D eigenvalue weighted by atomic mass is 16.2. The zero-order valence-electron chi connectivity index (χ0n) is 14.3. The number of nitriles is 1. The number of nitrogens with zero attached hydrogens (tertiary/aromatic N) is 4. The fraction of sp³-hybridized carbons (Fsp3) is 0.150. The number of carbonyl (C=O) groups is 1. The smallest absolute Gasteiger partial charge is 0.256 e. The molecule has 1 aromatic heterocycles. The van der Waals surface area contributed by atoms with Crippen molar-refractivity contribution in [3.63, 3.8) is 0 Å². The van der Waals surface area contributed by atoms with E-state index < -0.39 is 0 Å². The van der Waals surface area contributed by atoms with E-state index >= 15 is 0 Å². The average Bonchev–Trinajstić information content (AvgIpc) is 3.17. The first kappa shape index (κ1) is 15.9. The first-order valence-electron chi connectivity index (χ1n) is 8.27. The molecule has 0 saturated carbocycles. The lowest BCUT2D eigenvalue weighted by molar-refractivity contribution is 0.0797. The van der Waals surface area contributed by atoms with Crippen molar-refractivity contribution in [3.05, 3.63) is 59.8 Å². The third-order valence-corrected chi connectivity index (χ3v) is 4.77. The quantitative estimate of drug-likeness (QED) is 0.585. The van der Waals surface area contributed by atoms with Gasteiger partial charge in [0.05, 0.1) is 23.3 Å². The van der Waals surface area contributed by atoms with E-state index in [-0.39, 0.29) is 5.91 Å². The molecular weight excluding hydrogens is 326 g/mol. The molecule has 1 aliphatic rings. The van der Waals surface area contributed by atoms with Gasteiger partial charge < -0.3 is 10.6 Å². The Morgan fingerprint density at radius 2 is 2.19 bits per heavy atom. The van der Waals surface area contributed by atoms with Crippen LogP contribution >= 0.6 is 0 Å². The van der Waals surface area contributed by atoms with Gasteiger partial charge in [0.2, 0.25) is 0 Å². The Hall–Kier alpha value is -3.59. The number of aryl methyl sites for hydroxylation is 1. The normalized spacial score (nSPS) is 13.5. The van der Waals surface area contributed by atoms with Crippen molar-refractivity contribution >= 4 is 22.5 Å². The van der Waals surface area contributed by atoms with Crippen LogP contribution < -0.4 is 5.73 Å². The molecule has 0 atom stereocenters. The maximum atomic E-state index is 12.7. The van der Waals surface area contributed by atoms with Crippen molar-refractivity contribution in [1.29, 1.82) is 5.26 Å². The number of rotatable bonds is 3. The van der Waals surface area contributed by atoms with Gasteiger partial charge in [0.1, 0.15) is 0 Å². The lowest BCUT2D eigenvalue weighted by atomic mass is 9.95. The fourth-order valence-corrected chi connectivity index (χ4v) is 3.47. The van der Waals surface area contributed by atoms with Gasteiger partial charge in [0.25, 0.3) is 5.91 Å². The molecule has 2 aromatic carbocycles. The summed E-state index contributed by atoms with van der Waals surface area (Å²) in [5.41, 5.74) is 11.1. The van der Waals surface area contributed by atoms with Gasteiger partial charge in [0.15, 0.2) is 0 Å². The van der Waals surface area contributed by atoms with Crippen molar-refractivity contribution < 1.29 is 4.79 Å². The van der Waals surface area contributed by atoms with Crippen LogP contribution in [0.15, 0.2) is 48.7 Å². The number of hydrogen-bond donors (Lipinski definition) is 1. The number of hydrogen-bond acceptors (Lipinski definition) is 4. The minimum absolute atomic E-state index is 0.0939. The number of amides is 1. The lowest BCUT2D eigenvalue weighted by Crippen LogP contribution is -2.24. The third-order valence-electron chi connectivity index (χ3n) is 4.77. The molecule has 0 aliphatic carbocycles. The van der Waals surface area contributed by atoms with Crippen LogP contribution in [-0.4, -0.2) is 27.1 Å². The van der Waals surface area contributed by atoms with Crippen molar-refractivity contribution in [2.75, 3.05) is 12.3 Å². The second-order valence-electron chi connectivity index (χ2n) is 6.31. The van der Waals surface area contributed by atoms with E-state index in [0.717, 1.165) is 27.6 Å². The van der Waals surface area contributed by atoms with Crippen LogP contribution in [0.3, 0.4) is 0 Å². The number of aromatic nitrogens is 2. The van der Waals surface area contributed by atoms with Crippen LogP contribution in [0.25, 0.3) is 22.0 Å². The molecule has 26 heavy (non-hydrogen) atoms. The number of fused-ring (bicyclic) bond motifs is 2. The number of carbonyl (C=O) groups excluding carboxylic acids is 1. The number of nitrogen functional groups attached to an aromatic ring is 1. The molecule has 0 unspecified atom stereocenters. The van der Waals surface area contributed by atoms with Crippen molar-refractivity contribution in [2.24, 2.45) is 7.05 Å². The molecule has 0 fully saturated rings. The summed E-state index contributed by atoms with van der Waals surface area (Å²) in [5.74, 6) is -0.0939. The van der Waals surface area contributed by atoms with Crippen LogP contribution in [0.4, 0.5) is 5.69 Å². The van der Waals surface area contributed by atoms with Gasteiger partial charge in [-0.2, -0.15) is 10.4 Å². The first-order chi connectivity index (χ1) is 12.6. The number of benzene rings is 2. The van der Waals surface area contributed by atoms with Crippen LogP contribution in [0, 0.1) is 11.3 Å². The molecule has 4 rings (SSSR count). The van der Waals surface area contributed by atoms with E-state index in [2.05, 4.69) is 11.2 Å². The van der Waals surface area contributed by atoms with E-state index in [9.17, 15) is 4.79 Å². The van der Waals surface area contributed by atoms with Crippen LogP contribution in [0.1, 0.15) is 15.9 Å². The second-order valence-corrected chi connectivity index (χ2v) is 6.31. The third kappa shape index (κ3) is 2.42. The Morgan fingerprint density at radius 1 is 1.35 bits per heavy atom. The van der Waals surface area contributed by atoms with E-state index in [1.807, 2.05) is 42.2 Å². The predicted octanol–water partition coefficient (Wildman–Crippen LogP) is 2.86. The van der Waals surface area contributed by atoms with Crippen LogP contribution in [-0.2, 0) is 13.6 Å². The van der Waals surface area contributed by atoms with Crippen molar-refractivity contribution in [1.82, 2.24) is 14.7 Å². The zero-order chi connectivity index (χ0) is 18.3. The van der Waals surface area contributed by atoms with Gasteiger partial charge in [-0.1, -0.05) is 24.3 Å². The zero-order valence-corrected chi connectivity index (χ0v) is 14.3. The van der Waals surface area contributed by atoms with Crippen molar-refractivity contribution in [2.45, 2.75) is 6.54 Å². The highest BCUT2D eigenvalue weighted by Gasteiger charge is 2.31. The number of nitrogens with two attached hydrogens (primary N) is 1. The van der Waals surface area contributed by atoms with Gasteiger partial charge >= 0.3 is 0 Å². The van der Waals surface area contributed by atoms with E-state index in [0.29, 0.717) is 24.3 Å². The molecule has 0 saturated heterocycles. The van der Waals surface area contributed by atoms with Gasteiger partial charge in [-0.05, 0) is 28.8 Å². The summed E-state index contributed by atoms with van der Waals surface area (Å²) in [6, 6.07) is 11.8. The molecule has 1 amide bonds. The fourth-order valence-electron chi connectivity index (χ4n) is 3.47. The highest BCUT2D eigenvalue weighted by Crippen LogP contribution is 2.36. The maximum absolute atomic E-state index is 12.7. The molecular formula is C20H17N5O. The molecule has 2 heterocycles. The molecule has 6 heteroatoms. The monoisotopic (exact) mass is 343 g/mol. The molecule has 0 spiro atoms. The number of anilines is 1. The predicted molar refractivity (Wildman–Crippen MR) is 100 cm³/mol. The summed E-state index contributed by atoms with van der Waals surface area (Å²) >= 11 is 0. The highest BCUT2D eigenvalue weighted by molar-refractivity contribution is 6.05. The van der Waals surface area contributed by atoms with E-state index in [1.54, 1.807) is 17.0 Å².